The Morgan fingerprint density at radius 2 is 1.72 bits per heavy atom. The molecular weight excluding hydrogens is 336 g/mol. The summed E-state index contributed by atoms with van der Waals surface area (Å²) in [5, 5.41) is 3.13. The van der Waals surface area contributed by atoms with Gasteiger partial charge in [-0.1, -0.05) is 67.6 Å². The van der Waals surface area contributed by atoms with Crippen LogP contribution in [-0.4, -0.2) is 18.6 Å². The van der Waals surface area contributed by atoms with Gasteiger partial charge in [0.2, 0.25) is 5.91 Å². The third-order valence-electron chi connectivity index (χ3n) is 4.68. The lowest BCUT2D eigenvalue weighted by Gasteiger charge is -2.25. The second-order valence-electron chi connectivity index (χ2n) is 6.33. The van der Waals surface area contributed by atoms with Crippen molar-refractivity contribution in [2.45, 2.75) is 31.5 Å². The van der Waals surface area contributed by atoms with Crippen molar-refractivity contribution >= 4 is 18.3 Å². The number of carbonyl (C=O) groups is 1. The Hall–Kier alpha value is -1.88. The molecular formula is C20H25ClN2O2. The molecule has 2 aromatic carbocycles. The van der Waals surface area contributed by atoms with Gasteiger partial charge in [-0.2, -0.15) is 0 Å². The molecule has 1 aliphatic heterocycles. The summed E-state index contributed by atoms with van der Waals surface area (Å²) in [7, 11) is 0. The molecule has 4 atom stereocenters. The van der Waals surface area contributed by atoms with E-state index in [4.69, 9.17) is 10.5 Å². The maximum atomic E-state index is 12.6. The number of carbonyl (C=O) groups excluding carboxylic acids is 1. The highest BCUT2D eigenvalue weighted by Gasteiger charge is 2.33. The van der Waals surface area contributed by atoms with Crippen LogP contribution < -0.4 is 11.1 Å². The lowest BCUT2D eigenvalue weighted by atomic mass is 9.93. The van der Waals surface area contributed by atoms with E-state index < -0.39 is 0 Å². The first-order valence-electron chi connectivity index (χ1n) is 8.44. The summed E-state index contributed by atoms with van der Waals surface area (Å²) in [6, 6.07) is 19.4. The van der Waals surface area contributed by atoms with Crippen molar-refractivity contribution in [3.05, 3.63) is 71.8 Å². The number of halogens is 1. The van der Waals surface area contributed by atoms with Gasteiger partial charge in [0.1, 0.15) is 6.10 Å². The van der Waals surface area contributed by atoms with Crippen LogP contribution in [0.4, 0.5) is 0 Å². The maximum absolute atomic E-state index is 12.6. The molecule has 1 saturated heterocycles. The van der Waals surface area contributed by atoms with E-state index in [1.807, 2.05) is 67.6 Å². The van der Waals surface area contributed by atoms with Crippen LogP contribution in [0.25, 0.3) is 0 Å². The van der Waals surface area contributed by atoms with Crippen LogP contribution in [0.15, 0.2) is 60.7 Å². The second kappa shape index (κ2) is 8.99. The Morgan fingerprint density at radius 3 is 2.36 bits per heavy atom. The Morgan fingerprint density at radius 1 is 1.12 bits per heavy atom. The van der Waals surface area contributed by atoms with Crippen molar-refractivity contribution in [2.24, 2.45) is 11.7 Å². The number of rotatable bonds is 5. The highest BCUT2D eigenvalue weighted by molar-refractivity contribution is 5.85. The van der Waals surface area contributed by atoms with Crippen molar-refractivity contribution in [1.29, 1.82) is 0 Å². The smallest absolute Gasteiger partial charge is 0.225 e. The fourth-order valence-electron chi connectivity index (χ4n) is 3.15. The molecule has 3 N–H and O–H groups in total. The van der Waals surface area contributed by atoms with Crippen LogP contribution in [0.5, 0.6) is 0 Å². The number of nitrogens with two attached hydrogens (primary N) is 1. The van der Waals surface area contributed by atoms with Crippen molar-refractivity contribution < 1.29 is 9.53 Å². The molecule has 0 radical (unpaired) electrons. The van der Waals surface area contributed by atoms with Crippen molar-refractivity contribution in [2.75, 3.05) is 6.61 Å². The molecule has 5 heteroatoms. The molecule has 1 aliphatic rings. The molecule has 0 saturated carbocycles. The van der Waals surface area contributed by atoms with Gasteiger partial charge < -0.3 is 15.8 Å². The van der Waals surface area contributed by atoms with Gasteiger partial charge in [-0.15, -0.1) is 12.4 Å². The van der Waals surface area contributed by atoms with Gasteiger partial charge >= 0.3 is 0 Å². The van der Waals surface area contributed by atoms with E-state index in [-0.39, 0.29) is 42.4 Å². The molecule has 0 bridgehead atoms. The van der Waals surface area contributed by atoms with Gasteiger partial charge in [-0.3, -0.25) is 4.79 Å². The van der Waals surface area contributed by atoms with Crippen LogP contribution in [0.3, 0.4) is 0 Å². The van der Waals surface area contributed by atoms with Crippen molar-refractivity contribution in [3.63, 3.8) is 0 Å². The average Bonchev–Trinajstić information content (AvgIpc) is 3.10. The molecule has 25 heavy (non-hydrogen) atoms. The summed E-state index contributed by atoms with van der Waals surface area (Å²) >= 11 is 0. The maximum Gasteiger partial charge on any atom is 0.225 e. The van der Waals surface area contributed by atoms with Gasteiger partial charge in [-0.05, 0) is 17.5 Å². The lowest BCUT2D eigenvalue weighted by molar-refractivity contribution is -0.126. The number of nitrogens with one attached hydrogen (secondary N) is 1. The first kappa shape index (κ1) is 19.4. The van der Waals surface area contributed by atoms with Crippen molar-refractivity contribution in [1.82, 2.24) is 5.32 Å². The van der Waals surface area contributed by atoms with Crippen LogP contribution in [0.2, 0.25) is 0 Å². The molecule has 0 spiro atoms. The van der Waals surface area contributed by atoms with Crippen LogP contribution in [0, 0.1) is 5.92 Å². The van der Waals surface area contributed by atoms with Gasteiger partial charge in [0.25, 0.3) is 0 Å². The number of hydrogen-bond acceptors (Lipinski definition) is 3. The molecule has 1 heterocycles. The fraction of sp³-hybridized carbons (Fsp3) is 0.350. The minimum atomic E-state index is -0.316. The molecule has 1 amide bonds. The zero-order chi connectivity index (χ0) is 16.9. The molecule has 0 aliphatic carbocycles. The third kappa shape index (κ3) is 4.60. The van der Waals surface area contributed by atoms with E-state index >= 15 is 0 Å². The van der Waals surface area contributed by atoms with Gasteiger partial charge in [0.05, 0.1) is 12.0 Å². The van der Waals surface area contributed by atoms with E-state index in [0.29, 0.717) is 6.61 Å². The van der Waals surface area contributed by atoms with E-state index in [1.165, 1.54) is 0 Å². The summed E-state index contributed by atoms with van der Waals surface area (Å²) < 4.78 is 5.83. The number of benzene rings is 2. The Bertz CT molecular complexity index is 666. The minimum absolute atomic E-state index is 0. The van der Waals surface area contributed by atoms with Crippen LogP contribution in [-0.2, 0) is 9.53 Å². The summed E-state index contributed by atoms with van der Waals surface area (Å²) in [5.74, 6) is -0.327. The first-order chi connectivity index (χ1) is 11.7. The molecule has 134 valence electrons. The van der Waals surface area contributed by atoms with E-state index in [2.05, 4.69) is 5.32 Å². The number of ether oxygens (including phenoxy) is 1. The quantitative estimate of drug-likeness (QED) is 0.859. The molecule has 0 aromatic heterocycles. The summed E-state index contributed by atoms with van der Waals surface area (Å²) in [4.78, 5) is 12.6. The van der Waals surface area contributed by atoms with Crippen LogP contribution >= 0.6 is 12.4 Å². The SMILES string of the molecule is CC(C(=O)NC1CCOC1c1ccccc1)C(N)c1ccccc1.Cl. The Labute approximate surface area is 155 Å². The first-order valence-corrected chi connectivity index (χ1v) is 8.44. The zero-order valence-corrected chi connectivity index (χ0v) is 15.1. The largest absolute Gasteiger partial charge is 0.371 e. The van der Waals surface area contributed by atoms with Gasteiger partial charge in [0.15, 0.2) is 0 Å². The fourth-order valence-corrected chi connectivity index (χ4v) is 3.15. The highest BCUT2D eigenvalue weighted by atomic mass is 35.5. The Balaban J connectivity index is 0.00000225. The predicted octanol–water partition coefficient (Wildman–Crippen LogP) is 3.39. The minimum Gasteiger partial charge on any atom is -0.371 e. The Kier molecular flexibility index (Phi) is 7.00. The topological polar surface area (TPSA) is 64.3 Å². The van der Waals surface area contributed by atoms with Crippen molar-refractivity contribution in [3.8, 4) is 0 Å². The molecule has 3 rings (SSSR count). The van der Waals surface area contributed by atoms with Gasteiger partial charge in [0, 0.05) is 12.6 Å². The zero-order valence-electron chi connectivity index (χ0n) is 14.3. The molecule has 4 nitrogen and oxygen atoms in total. The second-order valence-corrected chi connectivity index (χ2v) is 6.33. The molecule has 1 fully saturated rings. The van der Waals surface area contributed by atoms with Crippen LogP contribution in [0.1, 0.15) is 36.6 Å². The van der Waals surface area contributed by atoms with E-state index in [9.17, 15) is 4.79 Å². The summed E-state index contributed by atoms with van der Waals surface area (Å²) in [6.07, 6.45) is 0.730. The normalized spacial score (nSPS) is 21.8. The lowest BCUT2D eigenvalue weighted by Crippen LogP contribution is -2.42. The van der Waals surface area contributed by atoms with E-state index in [1.54, 1.807) is 0 Å². The molecule has 2 aromatic rings. The third-order valence-corrected chi connectivity index (χ3v) is 4.68. The summed E-state index contributed by atoms with van der Waals surface area (Å²) in [6.45, 7) is 2.53. The molecule has 4 unspecified atom stereocenters. The summed E-state index contributed by atoms with van der Waals surface area (Å²) in [5.41, 5.74) is 8.34. The predicted molar refractivity (Wildman–Crippen MR) is 101 cm³/mol. The monoisotopic (exact) mass is 360 g/mol. The average molecular weight is 361 g/mol. The highest BCUT2D eigenvalue weighted by Crippen LogP contribution is 2.29. The standard InChI is InChI=1S/C20H24N2O2.ClH/c1-14(18(21)15-8-4-2-5-9-15)20(23)22-17-12-13-24-19(17)16-10-6-3-7-11-16;/h2-11,14,17-19H,12-13,21H2,1H3,(H,22,23);1H. The van der Waals surface area contributed by atoms with Gasteiger partial charge in [-0.25, -0.2) is 0 Å². The number of hydrogen-bond donors (Lipinski definition) is 2. The van der Waals surface area contributed by atoms with E-state index in [0.717, 1.165) is 17.5 Å². The number of amides is 1.